The number of carbonyl (C=O) groups excluding carboxylic acids is 1. The van der Waals surface area contributed by atoms with E-state index < -0.39 is 5.79 Å². The molecule has 1 amide bonds. The van der Waals surface area contributed by atoms with E-state index in [0.717, 1.165) is 0 Å². The molecule has 0 aliphatic carbocycles. The summed E-state index contributed by atoms with van der Waals surface area (Å²) < 4.78 is 10.7. The lowest BCUT2D eigenvalue weighted by Gasteiger charge is -2.20. The lowest BCUT2D eigenvalue weighted by molar-refractivity contribution is -0.159. The quantitative estimate of drug-likeness (QED) is 0.686. The first-order valence-corrected chi connectivity index (χ1v) is 6.80. The van der Waals surface area contributed by atoms with Crippen molar-refractivity contribution in [2.75, 3.05) is 13.2 Å². The molecule has 7 heteroatoms. The van der Waals surface area contributed by atoms with Crippen molar-refractivity contribution in [3.63, 3.8) is 0 Å². The molecule has 1 heterocycles. The van der Waals surface area contributed by atoms with Crippen LogP contribution >= 0.6 is 23.2 Å². The molecule has 0 bridgehead atoms. The number of hydrazone groups is 1. The maximum atomic E-state index is 11.7. The van der Waals surface area contributed by atoms with Crippen LogP contribution in [0.1, 0.15) is 18.9 Å². The molecule has 5 nitrogen and oxygen atoms in total. The minimum absolute atomic E-state index is 0.0700. The van der Waals surface area contributed by atoms with Gasteiger partial charge in [0, 0.05) is 5.56 Å². The molecule has 0 aromatic heterocycles. The van der Waals surface area contributed by atoms with E-state index in [9.17, 15) is 4.79 Å². The average Bonchev–Trinajstić information content (AvgIpc) is 2.79. The maximum Gasteiger partial charge on any atom is 0.245 e. The van der Waals surface area contributed by atoms with Gasteiger partial charge in [-0.2, -0.15) is 5.10 Å². The molecular formula is C13H14Cl2N2O3. The van der Waals surface area contributed by atoms with Gasteiger partial charge in [-0.25, -0.2) is 5.43 Å². The number of nitrogens with zero attached hydrogens (tertiary/aromatic N) is 1. The number of carbonyl (C=O) groups is 1. The van der Waals surface area contributed by atoms with E-state index in [2.05, 4.69) is 10.5 Å². The first-order valence-electron chi connectivity index (χ1n) is 6.04. The standard InChI is InChI=1S/C13H14Cl2N2O3/c1-13(19-5-6-20-13)7-12(18)17-16-8-9-10(14)3-2-4-11(9)15/h2-4,8H,5-7H2,1H3,(H,17,18)/b16-8+. The van der Waals surface area contributed by atoms with Crippen molar-refractivity contribution in [2.45, 2.75) is 19.1 Å². The summed E-state index contributed by atoms with van der Waals surface area (Å²) in [7, 11) is 0. The predicted molar refractivity (Wildman–Crippen MR) is 77.1 cm³/mol. The summed E-state index contributed by atoms with van der Waals surface area (Å²) in [5.74, 6) is -1.18. The highest BCUT2D eigenvalue weighted by Gasteiger charge is 2.33. The highest BCUT2D eigenvalue weighted by molar-refractivity contribution is 6.38. The van der Waals surface area contributed by atoms with E-state index in [1.54, 1.807) is 25.1 Å². The molecule has 1 N–H and O–H groups in total. The van der Waals surface area contributed by atoms with Gasteiger partial charge in [-0.15, -0.1) is 0 Å². The van der Waals surface area contributed by atoms with Crippen LogP contribution in [-0.4, -0.2) is 31.1 Å². The molecule has 20 heavy (non-hydrogen) atoms. The Bertz CT molecular complexity index is 508. The Labute approximate surface area is 126 Å². The van der Waals surface area contributed by atoms with E-state index in [1.165, 1.54) is 6.21 Å². The molecule has 0 spiro atoms. The largest absolute Gasteiger partial charge is 0.347 e. The summed E-state index contributed by atoms with van der Waals surface area (Å²) in [6, 6.07) is 5.12. The van der Waals surface area contributed by atoms with Crippen molar-refractivity contribution in [2.24, 2.45) is 5.10 Å². The number of hydrogen-bond donors (Lipinski definition) is 1. The summed E-state index contributed by atoms with van der Waals surface area (Å²) >= 11 is 12.0. The molecule has 0 unspecified atom stereocenters. The second kappa shape index (κ2) is 6.54. The van der Waals surface area contributed by atoms with Gasteiger partial charge in [0.05, 0.1) is 35.9 Å². The third kappa shape index (κ3) is 3.93. The Morgan fingerprint density at radius 3 is 2.60 bits per heavy atom. The zero-order valence-corrected chi connectivity index (χ0v) is 12.4. The number of benzene rings is 1. The monoisotopic (exact) mass is 316 g/mol. The van der Waals surface area contributed by atoms with Gasteiger partial charge in [-0.1, -0.05) is 29.3 Å². The van der Waals surface area contributed by atoms with Crippen LogP contribution in [0.25, 0.3) is 0 Å². The number of ether oxygens (including phenoxy) is 2. The second-order valence-corrected chi connectivity index (χ2v) is 5.25. The SMILES string of the molecule is CC1(CC(=O)N/N=C/c2c(Cl)cccc2Cl)OCCO1. The van der Waals surface area contributed by atoms with Gasteiger partial charge in [-0.3, -0.25) is 4.79 Å². The highest BCUT2D eigenvalue weighted by Crippen LogP contribution is 2.23. The zero-order chi connectivity index (χ0) is 14.6. The van der Waals surface area contributed by atoms with Gasteiger partial charge in [-0.05, 0) is 19.1 Å². The summed E-state index contributed by atoms with van der Waals surface area (Å²) in [6.45, 7) is 2.69. The van der Waals surface area contributed by atoms with Gasteiger partial charge in [0.2, 0.25) is 5.91 Å². The third-order valence-corrected chi connectivity index (χ3v) is 3.42. The van der Waals surface area contributed by atoms with E-state index in [1.807, 2.05) is 0 Å². The molecule has 1 aliphatic rings. The Morgan fingerprint density at radius 1 is 1.40 bits per heavy atom. The summed E-state index contributed by atoms with van der Waals surface area (Å²) in [5, 5.41) is 4.76. The fourth-order valence-electron chi connectivity index (χ4n) is 1.79. The van der Waals surface area contributed by atoms with Crippen LogP contribution in [0.5, 0.6) is 0 Å². The molecule has 0 atom stereocenters. The van der Waals surface area contributed by atoms with Crippen molar-refractivity contribution in [1.82, 2.24) is 5.43 Å². The Kier molecular flexibility index (Phi) is 4.99. The molecular weight excluding hydrogens is 303 g/mol. The smallest absolute Gasteiger partial charge is 0.245 e. The van der Waals surface area contributed by atoms with E-state index in [0.29, 0.717) is 28.8 Å². The van der Waals surface area contributed by atoms with Gasteiger partial charge >= 0.3 is 0 Å². The second-order valence-electron chi connectivity index (χ2n) is 4.44. The van der Waals surface area contributed by atoms with Gasteiger partial charge < -0.3 is 9.47 Å². The lowest BCUT2D eigenvalue weighted by atomic mass is 10.2. The van der Waals surface area contributed by atoms with E-state index >= 15 is 0 Å². The number of nitrogens with one attached hydrogen (secondary N) is 1. The van der Waals surface area contributed by atoms with Crippen molar-refractivity contribution < 1.29 is 14.3 Å². The Morgan fingerprint density at radius 2 is 2.00 bits per heavy atom. The van der Waals surface area contributed by atoms with Gasteiger partial charge in [0.15, 0.2) is 5.79 Å². The van der Waals surface area contributed by atoms with Crippen molar-refractivity contribution in [1.29, 1.82) is 0 Å². The molecule has 108 valence electrons. The summed E-state index contributed by atoms with van der Waals surface area (Å²) in [6.07, 6.45) is 1.47. The molecule has 0 saturated carbocycles. The average molecular weight is 317 g/mol. The minimum atomic E-state index is -0.873. The summed E-state index contributed by atoms with van der Waals surface area (Å²) in [4.78, 5) is 11.7. The first-order chi connectivity index (χ1) is 9.50. The maximum absolute atomic E-state index is 11.7. The first kappa shape index (κ1) is 15.3. The van der Waals surface area contributed by atoms with Crippen LogP contribution in [-0.2, 0) is 14.3 Å². The van der Waals surface area contributed by atoms with E-state index in [4.69, 9.17) is 32.7 Å². The van der Waals surface area contributed by atoms with Crippen LogP contribution in [0.15, 0.2) is 23.3 Å². The third-order valence-electron chi connectivity index (χ3n) is 2.76. The van der Waals surface area contributed by atoms with Gasteiger partial charge in [0.1, 0.15) is 0 Å². The fraction of sp³-hybridized carbons (Fsp3) is 0.385. The lowest BCUT2D eigenvalue weighted by Crippen LogP contribution is -2.33. The van der Waals surface area contributed by atoms with Crippen LogP contribution in [0.2, 0.25) is 10.0 Å². The van der Waals surface area contributed by atoms with Crippen molar-refractivity contribution >= 4 is 35.3 Å². The van der Waals surface area contributed by atoms with Crippen LogP contribution in [0, 0.1) is 0 Å². The zero-order valence-electron chi connectivity index (χ0n) is 10.9. The topological polar surface area (TPSA) is 59.9 Å². The van der Waals surface area contributed by atoms with E-state index in [-0.39, 0.29) is 12.3 Å². The molecule has 1 aromatic carbocycles. The Hall–Kier alpha value is -1.14. The number of hydrogen-bond acceptors (Lipinski definition) is 4. The predicted octanol–water partition coefficient (Wildman–Crippen LogP) is 2.60. The number of amides is 1. The normalized spacial score (nSPS) is 17.6. The van der Waals surface area contributed by atoms with Crippen LogP contribution < -0.4 is 5.43 Å². The molecule has 1 fully saturated rings. The molecule has 1 saturated heterocycles. The number of rotatable bonds is 4. The molecule has 1 aliphatic heterocycles. The fourth-order valence-corrected chi connectivity index (χ4v) is 2.29. The number of halogens is 2. The van der Waals surface area contributed by atoms with Gasteiger partial charge in [0.25, 0.3) is 0 Å². The summed E-state index contributed by atoms with van der Waals surface area (Å²) in [5.41, 5.74) is 2.94. The molecule has 0 radical (unpaired) electrons. The van der Waals surface area contributed by atoms with Crippen LogP contribution in [0.4, 0.5) is 0 Å². The molecule has 1 aromatic rings. The molecule has 2 rings (SSSR count). The minimum Gasteiger partial charge on any atom is -0.347 e. The highest BCUT2D eigenvalue weighted by atomic mass is 35.5. The van der Waals surface area contributed by atoms with Crippen molar-refractivity contribution in [3.05, 3.63) is 33.8 Å². The Balaban J connectivity index is 1.91. The van der Waals surface area contributed by atoms with Crippen molar-refractivity contribution in [3.8, 4) is 0 Å². The van der Waals surface area contributed by atoms with Crippen LogP contribution in [0.3, 0.4) is 0 Å².